The van der Waals surface area contributed by atoms with Crippen LogP contribution in [0, 0.1) is 0 Å². The zero-order chi connectivity index (χ0) is 23.5. The first-order valence-electron chi connectivity index (χ1n) is 11.7. The van der Waals surface area contributed by atoms with Gasteiger partial charge in [0.25, 0.3) is 0 Å². The highest BCUT2D eigenvalue weighted by atomic mass is 32.2. The van der Waals surface area contributed by atoms with Gasteiger partial charge in [0.15, 0.2) is 0 Å². The zero-order valence-electron chi connectivity index (χ0n) is 19.0. The van der Waals surface area contributed by atoms with Gasteiger partial charge in [-0.2, -0.15) is 4.31 Å². The van der Waals surface area contributed by atoms with E-state index in [-0.39, 0.29) is 10.8 Å². The lowest BCUT2D eigenvalue weighted by Gasteiger charge is -2.31. The summed E-state index contributed by atoms with van der Waals surface area (Å²) < 4.78 is 32.2. The molecule has 0 unspecified atom stereocenters. The summed E-state index contributed by atoms with van der Waals surface area (Å²) >= 11 is 0. The van der Waals surface area contributed by atoms with Gasteiger partial charge >= 0.3 is 0 Å². The molecule has 2 aliphatic heterocycles. The van der Waals surface area contributed by atoms with Crippen molar-refractivity contribution < 1.29 is 17.9 Å². The summed E-state index contributed by atoms with van der Waals surface area (Å²) in [4.78, 5) is 18.2. The number of benzene rings is 2. The molecule has 34 heavy (non-hydrogen) atoms. The Balaban J connectivity index is 1.18. The quantitative estimate of drug-likeness (QED) is 0.567. The summed E-state index contributed by atoms with van der Waals surface area (Å²) in [5.41, 5.74) is 3.29. The van der Waals surface area contributed by atoms with Gasteiger partial charge in [-0.1, -0.05) is 30.3 Å². The summed E-state index contributed by atoms with van der Waals surface area (Å²) in [5.74, 6) is 0.438. The van der Waals surface area contributed by atoms with Crippen LogP contribution in [0.4, 0.5) is 0 Å². The Kier molecular flexibility index (Phi) is 6.54. The monoisotopic (exact) mass is 479 g/mol. The van der Waals surface area contributed by atoms with E-state index in [9.17, 15) is 13.2 Å². The largest absolute Gasteiger partial charge is 0.379 e. The molecule has 5 rings (SSSR count). The third-order valence-corrected chi connectivity index (χ3v) is 8.69. The number of hydrogen-bond donors (Lipinski definition) is 1. The Morgan fingerprint density at radius 2 is 1.68 bits per heavy atom. The topological polar surface area (TPSA) is 82.7 Å². The third kappa shape index (κ3) is 4.66. The van der Waals surface area contributed by atoms with Crippen molar-refractivity contribution in [2.45, 2.75) is 23.7 Å². The van der Waals surface area contributed by atoms with Crippen LogP contribution < -0.4 is 0 Å². The van der Waals surface area contributed by atoms with Crippen LogP contribution in [0.1, 0.15) is 29.9 Å². The van der Waals surface area contributed by atoms with Crippen LogP contribution in [0.5, 0.6) is 0 Å². The van der Waals surface area contributed by atoms with E-state index in [1.807, 2.05) is 11.0 Å². The number of carbonyl (C=O) groups is 1. The number of sulfonamides is 1. The molecule has 2 saturated heterocycles. The van der Waals surface area contributed by atoms with Crippen molar-refractivity contribution in [3.05, 3.63) is 71.9 Å². The second-order valence-corrected chi connectivity index (χ2v) is 10.7. The predicted molar refractivity (Wildman–Crippen MR) is 132 cm³/mol. The minimum atomic E-state index is -3.51. The fourth-order valence-electron chi connectivity index (χ4n) is 4.80. The van der Waals surface area contributed by atoms with Crippen LogP contribution in [0.25, 0.3) is 17.0 Å². The van der Waals surface area contributed by atoms with E-state index in [4.69, 9.17) is 4.74 Å². The normalized spacial score (nSPS) is 18.6. The number of hydrogen-bond acceptors (Lipinski definition) is 4. The summed E-state index contributed by atoms with van der Waals surface area (Å²) in [6.45, 7) is 3.03. The Labute approximate surface area is 200 Å². The minimum Gasteiger partial charge on any atom is -0.379 e. The molecule has 1 amide bonds. The number of para-hydroxylation sites is 1. The van der Waals surface area contributed by atoms with Crippen LogP contribution in [-0.4, -0.2) is 67.9 Å². The van der Waals surface area contributed by atoms with Gasteiger partial charge in [-0.15, -0.1) is 0 Å². The predicted octanol–water partition coefficient (Wildman–Crippen LogP) is 3.61. The fraction of sp³-hybridized carbons (Fsp3) is 0.346. The van der Waals surface area contributed by atoms with Crippen molar-refractivity contribution in [2.75, 3.05) is 39.4 Å². The maximum Gasteiger partial charge on any atom is 0.246 e. The second kappa shape index (κ2) is 9.74. The van der Waals surface area contributed by atoms with Gasteiger partial charge in [0.2, 0.25) is 15.9 Å². The molecule has 0 aliphatic carbocycles. The van der Waals surface area contributed by atoms with Crippen molar-refractivity contribution in [3.63, 3.8) is 0 Å². The highest BCUT2D eigenvalue weighted by Crippen LogP contribution is 2.33. The summed E-state index contributed by atoms with van der Waals surface area (Å²) in [7, 11) is -3.51. The Bertz CT molecular complexity index is 1280. The number of rotatable bonds is 5. The molecule has 2 aromatic carbocycles. The molecule has 0 spiro atoms. The number of likely N-dealkylation sites (tertiary alicyclic amines) is 1. The number of aromatic amines is 1. The molecule has 0 atom stereocenters. The average Bonchev–Trinajstić information content (AvgIpc) is 3.32. The van der Waals surface area contributed by atoms with Crippen LogP contribution >= 0.6 is 0 Å². The Hall–Kier alpha value is -2.94. The molecule has 1 N–H and O–H groups in total. The standard InChI is InChI=1S/C26H29N3O4S/c30-26(28-13-11-21(12-14-28)24-19-27-25-4-2-1-3-23(24)25)10-7-20-5-8-22(9-6-20)34(31,32)29-15-17-33-18-16-29/h1-10,19,21,27H,11-18H2/b10-7+. The van der Waals surface area contributed by atoms with Gasteiger partial charge < -0.3 is 14.6 Å². The van der Waals surface area contributed by atoms with E-state index in [0.717, 1.165) is 37.0 Å². The van der Waals surface area contributed by atoms with Crippen molar-refractivity contribution in [2.24, 2.45) is 0 Å². The number of amides is 1. The van der Waals surface area contributed by atoms with Gasteiger partial charge in [0.1, 0.15) is 0 Å². The third-order valence-electron chi connectivity index (χ3n) is 6.77. The second-order valence-electron chi connectivity index (χ2n) is 8.81. The first-order chi connectivity index (χ1) is 16.5. The molecule has 0 bridgehead atoms. The van der Waals surface area contributed by atoms with Gasteiger partial charge in [0, 0.05) is 49.4 Å². The van der Waals surface area contributed by atoms with E-state index >= 15 is 0 Å². The molecule has 2 fully saturated rings. The minimum absolute atomic E-state index is 0.0117. The number of piperidine rings is 1. The molecule has 1 aromatic heterocycles. The molecule has 3 heterocycles. The van der Waals surface area contributed by atoms with Crippen LogP contribution in [0.15, 0.2) is 65.7 Å². The van der Waals surface area contributed by atoms with Gasteiger partial charge in [-0.05, 0) is 54.2 Å². The number of H-pyrrole nitrogens is 1. The number of fused-ring (bicyclic) bond motifs is 1. The fourth-order valence-corrected chi connectivity index (χ4v) is 6.21. The molecule has 2 aliphatic rings. The highest BCUT2D eigenvalue weighted by molar-refractivity contribution is 7.89. The van der Waals surface area contributed by atoms with Gasteiger partial charge in [-0.25, -0.2) is 8.42 Å². The van der Waals surface area contributed by atoms with Crippen molar-refractivity contribution in [3.8, 4) is 0 Å². The van der Waals surface area contributed by atoms with Crippen molar-refractivity contribution >= 4 is 32.9 Å². The van der Waals surface area contributed by atoms with Crippen molar-refractivity contribution in [1.29, 1.82) is 0 Å². The highest BCUT2D eigenvalue weighted by Gasteiger charge is 2.26. The van der Waals surface area contributed by atoms with E-state index in [0.29, 0.717) is 32.2 Å². The number of nitrogens with one attached hydrogen (secondary N) is 1. The molecule has 3 aromatic rings. The van der Waals surface area contributed by atoms with E-state index in [2.05, 4.69) is 29.4 Å². The summed E-state index contributed by atoms with van der Waals surface area (Å²) in [5, 5.41) is 1.27. The Morgan fingerprint density at radius 1 is 0.971 bits per heavy atom. The maximum atomic E-state index is 12.7. The number of morpholine rings is 1. The van der Waals surface area contributed by atoms with Gasteiger partial charge in [-0.3, -0.25) is 4.79 Å². The van der Waals surface area contributed by atoms with E-state index < -0.39 is 10.0 Å². The smallest absolute Gasteiger partial charge is 0.246 e. The van der Waals surface area contributed by atoms with Crippen LogP contribution in [0.3, 0.4) is 0 Å². The van der Waals surface area contributed by atoms with E-state index in [1.165, 1.54) is 15.3 Å². The SMILES string of the molecule is O=C(/C=C/c1ccc(S(=O)(=O)N2CCOCC2)cc1)N1CCC(c2c[nH]c3ccccc23)CC1. The van der Waals surface area contributed by atoms with Crippen LogP contribution in [-0.2, 0) is 19.6 Å². The Morgan fingerprint density at radius 3 is 2.41 bits per heavy atom. The molecular weight excluding hydrogens is 450 g/mol. The average molecular weight is 480 g/mol. The summed E-state index contributed by atoms with van der Waals surface area (Å²) in [6.07, 6.45) is 7.32. The molecule has 0 radical (unpaired) electrons. The number of nitrogens with zero attached hydrogens (tertiary/aromatic N) is 2. The first kappa shape index (κ1) is 22.8. The number of carbonyl (C=O) groups excluding carboxylic acids is 1. The lowest BCUT2D eigenvalue weighted by atomic mass is 9.89. The number of ether oxygens (including phenoxy) is 1. The maximum absolute atomic E-state index is 12.7. The summed E-state index contributed by atoms with van der Waals surface area (Å²) in [6, 6.07) is 15.0. The zero-order valence-corrected chi connectivity index (χ0v) is 19.8. The molecule has 8 heteroatoms. The lowest BCUT2D eigenvalue weighted by Crippen LogP contribution is -2.40. The molecule has 0 saturated carbocycles. The number of aromatic nitrogens is 1. The first-order valence-corrected chi connectivity index (χ1v) is 13.2. The van der Waals surface area contributed by atoms with Crippen LogP contribution in [0.2, 0.25) is 0 Å². The molecule has 178 valence electrons. The molecule has 7 nitrogen and oxygen atoms in total. The van der Waals surface area contributed by atoms with Gasteiger partial charge in [0.05, 0.1) is 18.1 Å². The van der Waals surface area contributed by atoms with E-state index in [1.54, 1.807) is 36.4 Å². The lowest BCUT2D eigenvalue weighted by molar-refractivity contribution is -0.126. The van der Waals surface area contributed by atoms with Crippen molar-refractivity contribution in [1.82, 2.24) is 14.2 Å². The molecular formula is C26H29N3O4S.